The van der Waals surface area contributed by atoms with Crippen LogP contribution in [0.5, 0.6) is 5.75 Å². The van der Waals surface area contributed by atoms with Crippen molar-refractivity contribution in [3.63, 3.8) is 0 Å². The number of hydrogen-bond donors (Lipinski definition) is 3. The number of piperidine rings is 1. The molecule has 2 aliphatic carbocycles. The van der Waals surface area contributed by atoms with Gasteiger partial charge in [0.05, 0.1) is 33.0 Å². The number of nitrogens with one attached hydrogen (secondary N) is 1. The summed E-state index contributed by atoms with van der Waals surface area (Å²) in [6.07, 6.45) is 7.92. The van der Waals surface area contributed by atoms with Crippen molar-refractivity contribution in [2.24, 2.45) is 17.1 Å². The van der Waals surface area contributed by atoms with Gasteiger partial charge in [0.1, 0.15) is 5.76 Å². The Morgan fingerprint density at radius 3 is 2.46 bits per heavy atom. The van der Waals surface area contributed by atoms with Crippen LogP contribution in [0, 0.1) is 28.4 Å². The minimum absolute atomic E-state index is 0.0371. The van der Waals surface area contributed by atoms with Crippen LogP contribution >= 0.6 is 0 Å². The molecule has 0 bridgehead atoms. The second-order valence-electron chi connectivity index (χ2n) is 20.5. The van der Waals surface area contributed by atoms with Crippen LogP contribution in [0.25, 0.3) is 11.0 Å². The number of primary amides is 1. The van der Waals surface area contributed by atoms with Crippen LogP contribution in [0.1, 0.15) is 117 Å². The SMILES string of the molecule is COc1ccc(CN2CCN(C3CC4(CCN(c5ccc(C(N)=O)c(S(=O)(=O)c6cnc(NCC7CCC(C)(O)CC7)c([N+](=O)[O-])c6)c5)CC4)C3)[C@H](c3ccccc3C(C)C)C2)c2cc(C)oc12. The number of carbonyl (C=O) groups is 1. The van der Waals surface area contributed by atoms with Gasteiger partial charge in [0, 0.05) is 81.2 Å². The van der Waals surface area contributed by atoms with Crippen LogP contribution in [0.15, 0.2) is 87.1 Å². The Balaban J connectivity index is 0.888. The lowest BCUT2D eigenvalue weighted by Gasteiger charge is -2.58. The summed E-state index contributed by atoms with van der Waals surface area (Å²) in [7, 11) is -2.79. The molecular formula is C52H65N7O8S. The summed E-state index contributed by atoms with van der Waals surface area (Å²) in [6, 6.07) is 21.6. The number of anilines is 2. The van der Waals surface area contributed by atoms with Crippen LogP contribution in [0.2, 0.25) is 0 Å². The Morgan fingerprint density at radius 2 is 1.76 bits per heavy atom. The van der Waals surface area contributed by atoms with Gasteiger partial charge in [-0.2, -0.15) is 0 Å². The standard InChI is InChI=1S/C52H65N7O8S/c1-33(2)40-8-6-7-9-41(40)45-32-56(31-36-10-13-46(66-5)48-43(36)24-34(3)67-48)22-23-58(45)38-27-52(28-38)18-20-57(21-19-52)37-11-12-42(49(53)60)47(25-37)68(64,65)39-26-44(59(62)63)50(55-30-39)54-29-35-14-16-51(4,61)17-15-35/h6-13,24-26,30,33,35,38,45,61H,14-23,27-29,31-32H2,1-5H3,(H2,53,60)(H,54,55)/t35?,45-,51?/m0/s1. The third kappa shape index (κ3) is 9.44. The molecular weight excluding hydrogens is 883 g/mol. The monoisotopic (exact) mass is 947 g/mol. The fourth-order valence-electron chi connectivity index (χ4n) is 11.6. The molecule has 3 aromatic carbocycles. The van der Waals surface area contributed by atoms with E-state index < -0.39 is 36.9 Å². The zero-order valence-electron chi connectivity index (χ0n) is 39.9. The van der Waals surface area contributed by atoms with Crippen LogP contribution in [-0.4, -0.2) is 97.2 Å². The number of carbonyl (C=O) groups excluding carboxylic acids is 1. The number of methoxy groups -OCH3 is 1. The van der Waals surface area contributed by atoms with Crippen LogP contribution < -0.4 is 20.7 Å². The van der Waals surface area contributed by atoms with Crippen LogP contribution in [0.4, 0.5) is 17.2 Å². The second kappa shape index (κ2) is 18.7. The number of sulfone groups is 1. The smallest absolute Gasteiger partial charge is 0.312 e. The van der Waals surface area contributed by atoms with E-state index in [1.807, 2.05) is 19.9 Å². The Hall–Kier alpha value is -5.55. The van der Waals surface area contributed by atoms with E-state index in [0.717, 1.165) is 99.4 Å². The van der Waals surface area contributed by atoms with Crippen molar-refractivity contribution >= 4 is 43.9 Å². The van der Waals surface area contributed by atoms with Gasteiger partial charge >= 0.3 is 5.69 Å². The van der Waals surface area contributed by atoms with Gasteiger partial charge < -0.3 is 30.2 Å². The second-order valence-corrected chi connectivity index (χ2v) is 22.4. The summed E-state index contributed by atoms with van der Waals surface area (Å²) in [5.41, 5.74) is 9.99. The molecule has 4 heterocycles. The number of nitro groups is 1. The molecule has 0 unspecified atom stereocenters. The molecule has 68 heavy (non-hydrogen) atoms. The lowest BCUT2D eigenvalue weighted by Crippen LogP contribution is -2.60. The topological polar surface area (TPSA) is 198 Å². The van der Waals surface area contributed by atoms with E-state index in [-0.39, 0.29) is 33.7 Å². The Bertz CT molecular complexity index is 2800. The number of furan rings is 1. The first-order valence-electron chi connectivity index (χ1n) is 24.1. The zero-order chi connectivity index (χ0) is 48.1. The molecule has 1 atom stereocenters. The Labute approximate surface area is 399 Å². The van der Waals surface area contributed by atoms with Gasteiger partial charge in [-0.3, -0.25) is 24.7 Å². The first-order valence-corrected chi connectivity index (χ1v) is 25.6. The first kappa shape index (κ1) is 47.5. The maximum atomic E-state index is 14.3. The molecule has 5 aromatic rings. The highest BCUT2D eigenvalue weighted by atomic mass is 32.2. The van der Waals surface area contributed by atoms with Crippen molar-refractivity contribution in [1.82, 2.24) is 14.8 Å². The summed E-state index contributed by atoms with van der Waals surface area (Å²) in [5, 5.41) is 26.7. The van der Waals surface area contributed by atoms with Gasteiger partial charge in [-0.25, -0.2) is 13.4 Å². The number of nitrogens with two attached hydrogens (primary N) is 1. The number of aliphatic hydroxyl groups is 1. The number of piperazine rings is 1. The van der Waals surface area contributed by atoms with Crippen molar-refractivity contribution in [1.29, 1.82) is 0 Å². The summed E-state index contributed by atoms with van der Waals surface area (Å²) < 4.78 is 40.3. The zero-order valence-corrected chi connectivity index (χ0v) is 40.7. The number of amides is 1. The lowest BCUT2D eigenvalue weighted by atomic mass is 9.59. The normalized spacial score (nSPS) is 22.7. The van der Waals surface area contributed by atoms with Gasteiger partial charge in [-0.1, -0.05) is 44.2 Å². The van der Waals surface area contributed by atoms with Gasteiger partial charge in [-0.15, -0.1) is 0 Å². The molecule has 1 amide bonds. The number of pyridine rings is 1. The van der Waals surface area contributed by atoms with Crippen LogP contribution in [-0.2, 0) is 16.4 Å². The maximum absolute atomic E-state index is 14.3. The molecule has 4 fully saturated rings. The first-order chi connectivity index (χ1) is 32.4. The molecule has 2 saturated heterocycles. The number of ether oxygens (including phenoxy) is 1. The highest BCUT2D eigenvalue weighted by Gasteiger charge is 2.50. The quantitative estimate of drug-likeness (QED) is 0.0706. The third-order valence-electron chi connectivity index (χ3n) is 15.6. The fraction of sp³-hybridized carbons (Fsp3) is 0.500. The predicted octanol–water partition coefficient (Wildman–Crippen LogP) is 8.77. The van der Waals surface area contributed by atoms with Crippen molar-refractivity contribution in [2.75, 3.05) is 56.6 Å². The van der Waals surface area contributed by atoms with Crippen LogP contribution in [0.3, 0.4) is 0 Å². The minimum atomic E-state index is -4.47. The minimum Gasteiger partial charge on any atom is -0.493 e. The molecule has 1 spiro atoms. The maximum Gasteiger partial charge on any atom is 0.312 e. The molecule has 4 aliphatic rings. The molecule has 4 N–H and O–H groups in total. The van der Waals surface area contributed by atoms with Crippen molar-refractivity contribution < 1.29 is 32.4 Å². The average Bonchev–Trinajstić information content (AvgIpc) is 3.72. The number of benzene rings is 3. The van der Waals surface area contributed by atoms with Gasteiger partial charge in [0.25, 0.3) is 0 Å². The molecule has 362 valence electrons. The molecule has 2 saturated carbocycles. The van der Waals surface area contributed by atoms with Gasteiger partial charge in [-0.05, 0) is 129 Å². The summed E-state index contributed by atoms with van der Waals surface area (Å²) in [4.78, 5) is 35.3. The van der Waals surface area contributed by atoms with E-state index >= 15 is 0 Å². The molecule has 2 aliphatic heterocycles. The molecule has 2 aromatic heterocycles. The van der Waals surface area contributed by atoms with Crippen molar-refractivity contribution in [3.05, 3.63) is 111 Å². The summed E-state index contributed by atoms with van der Waals surface area (Å²) in [5.74, 6) is 1.23. The predicted molar refractivity (Wildman–Crippen MR) is 262 cm³/mol. The Morgan fingerprint density at radius 1 is 1.03 bits per heavy atom. The van der Waals surface area contributed by atoms with E-state index in [0.29, 0.717) is 50.1 Å². The largest absolute Gasteiger partial charge is 0.493 e. The third-order valence-corrected chi connectivity index (χ3v) is 17.3. The number of rotatable bonds is 14. The lowest BCUT2D eigenvalue weighted by molar-refractivity contribution is -0.384. The van der Waals surface area contributed by atoms with E-state index in [4.69, 9.17) is 14.9 Å². The van der Waals surface area contributed by atoms with E-state index in [1.165, 1.54) is 28.8 Å². The number of nitrogens with zero attached hydrogens (tertiary/aromatic N) is 5. The fourth-order valence-corrected chi connectivity index (χ4v) is 13.0. The van der Waals surface area contributed by atoms with Gasteiger partial charge in [0.15, 0.2) is 11.3 Å². The van der Waals surface area contributed by atoms with Crippen molar-refractivity contribution in [2.45, 2.75) is 119 Å². The average molecular weight is 948 g/mol. The van der Waals surface area contributed by atoms with E-state index in [2.05, 4.69) is 75.2 Å². The van der Waals surface area contributed by atoms with Crippen molar-refractivity contribution in [3.8, 4) is 5.75 Å². The highest BCUT2D eigenvalue weighted by Crippen LogP contribution is 2.53. The summed E-state index contributed by atoms with van der Waals surface area (Å²) >= 11 is 0. The van der Waals surface area contributed by atoms with Gasteiger partial charge in [0.2, 0.25) is 21.6 Å². The van der Waals surface area contributed by atoms with E-state index in [1.54, 1.807) is 13.2 Å². The van der Waals surface area contributed by atoms with E-state index in [9.17, 15) is 28.4 Å². The number of fused-ring (bicyclic) bond motifs is 1. The Kier molecular flexibility index (Phi) is 13.1. The molecule has 16 heteroatoms. The number of hydrogen-bond acceptors (Lipinski definition) is 13. The molecule has 9 rings (SSSR count). The highest BCUT2D eigenvalue weighted by molar-refractivity contribution is 7.91. The molecule has 15 nitrogen and oxygen atoms in total. The molecule has 0 radical (unpaired) electrons. The number of aromatic nitrogens is 1. The number of aryl methyl sites for hydroxylation is 1. The summed E-state index contributed by atoms with van der Waals surface area (Å²) in [6.45, 7) is 13.8.